The number of amides is 2. The topological polar surface area (TPSA) is 37.4 Å². The number of alkyl halides is 3. The van der Waals surface area contributed by atoms with Crippen molar-refractivity contribution in [1.29, 1.82) is 0 Å². The van der Waals surface area contributed by atoms with E-state index in [1.165, 1.54) is 18.2 Å². The first kappa shape index (κ1) is 19.8. The lowest BCUT2D eigenvalue weighted by atomic mass is 10.1. The Balaban J connectivity index is 1.87. The first-order valence-electron chi connectivity index (χ1n) is 7.52. The van der Waals surface area contributed by atoms with E-state index in [2.05, 4.69) is 0 Å². The molecule has 3 rings (SSSR count). The Morgan fingerprint density at radius 3 is 2.30 bits per heavy atom. The molecule has 1 saturated heterocycles. The molecule has 0 aromatic heterocycles. The first-order chi connectivity index (χ1) is 12.7. The van der Waals surface area contributed by atoms with Crippen molar-refractivity contribution >= 4 is 52.2 Å². The van der Waals surface area contributed by atoms with Crippen LogP contribution < -0.4 is 0 Å². The normalized spacial score (nSPS) is 16.5. The van der Waals surface area contributed by atoms with Crippen LogP contribution in [0.25, 0.3) is 6.08 Å². The molecule has 0 saturated carbocycles. The van der Waals surface area contributed by atoms with Crippen LogP contribution in [0.4, 0.5) is 18.0 Å². The minimum absolute atomic E-state index is 0.0301. The van der Waals surface area contributed by atoms with Crippen LogP contribution in [0, 0.1) is 0 Å². The molecule has 1 fully saturated rings. The molecule has 2 amide bonds. The van der Waals surface area contributed by atoms with Crippen LogP contribution in [0.1, 0.15) is 16.7 Å². The third kappa shape index (κ3) is 4.31. The van der Waals surface area contributed by atoms with Crippen molar-refractivity contribution in [1.82, 2.24) is 4.90 Å². The van der Waals surface area contributed by atoms with E-state index in [0.717, 1.165) is 17.0 Å². The van der Waals surface area contributed by atoms with Crippen LogP contribution in [0.15, 0.2) is 47.4 Å². The molecule has 0 aliphatic carbocycles. The Labute approximate surface area is 166 Å². The Morgan fingerprint density at radius 1 is 1.04 bits per heavy atom. The van der Waals surface area contributed by atoms with Gasteiger partial charge >= 0.3 is 6.18 Å². The van der Waals surface area contributed by atoms with Crippen molar-refractivity contribution in [2.24, 2.45) is 0 Å². The van der Waals surface area contributed by atoms with Crippen molar-refractivity contribution in [3.63, 3.8) is 0 Å². The summed E-state index contributed by atoms with van der Waals surface area (Å²) in [7, 11) is 0. The second kappa shape index (κ2) is 7.58. The number of hydrogen-bond acceptors (Lipinski definition) is 3. The first-order valence-corrected chi connectivity index (χ1v) is 9.09. The maximum atomic E-state index is 12.8. The molecule has 0 atom stereocenters. The minimum Gasteiger partial charge on any atom is -0.268 e. The minimum atomic E-state index is -4.50. The van der Waals surface area contributed by atoms with Gasteiger partial charge in [0, 0.05) is 15.6 Å². The zero-order valence-corrected chi connectivity index (χ0v) is 15.7. The fourth-order valence-corrected chi connectivity index (χ4v) is 3.79. The highest BCUT2D eigenvalue weighted by atomic mass is 35.5. The fraction of sp³-hybridized carbons (Fsp3) is 0.111. The summed E-state index contributed by atoms with van der Waals surface area (Å²) < 4.78 is 38.5. The summed E-state index contributed by atoms with van der Waals surface area (Å²) in [6.45, 7) is -0.122. The second-order valence-corrected chi connectivity index (χ2v) is 7.40. The number of carbonyl (C=O) groups excluding carboxylic acids is 2. The monoisotopic (exact) mass is 431 g/mol. The third-order valence-electron chi connectivity index (χ3n) is 3.76. The predicted octanol–water partition coefficient (Wildman–Crippen LogP) is 6.25. The quantitative estimate of drug-likeness (QED) is 0.539. The maximum absolute atomic E-state index is 12.8. The predicted molar refractivity (Wildman–Crippen MR) is 99.4 cm³/mol. The molecule has 1 heterocycles. The average Bonchev–Trinajstić information content (AvgIpc) is 2.85. The van der Waals surface area contributed by atoms with Gasteiger partial charge in [-0.05, 0) is 47.7 Å². The van der Waals surface area contributed by atoms with Gasteiger partial charge in [-0.25, -0.2) is 0 Å². The summed E-state index contributed by atoms with van der Waals surface area (Å²) in [5.74, 6) is -0.613. The lowest BCUT2D eigenvalue weighted by Gasteiger charge is -2.14. The van der Waals surface area contributed by atoms with E-state index < -0.39 is 22.9 Å². The molecule has 1 aliphatic rings. The van der Waals surface area contributed by atoms with Gasteiger partial charge in [0.1, 0.15) is 0 Å². The van der Waals surface area contributed by atoms with E-state index >= 15 is 0 Å². The molecule has 0 unspecified atom stereocenters. The van der Waals surface area contributed by atoms with Crippen molar-refractivity contribution in [2.75, 3.05) is 0 Å². The maximum Gasteiger partial charge on any atom is 0.416 e. The van der Waals surface area contributed by atoms with E-state index in [9.17, 15) is 22.8 Å². The number of carbonyl (C=O) groups is 2. The largest absolute Gasteiger partial charge is 0.416 e. The van der Waals surface area contributed by atoms with Crippen LogP contribution in [0.3, 0.4) is 0 Å². The molecule has 0 radical (unpaired) electrons. The summed E-state index contributed by atoms with van der Waals surface area (Å²) in [6.07, 6.45) is -3.24. The SMILES string of the molecule is O=C1S/C(=C/c2cccc(C(F)(F)F)c2)C(=O)N1Cc1c(Cl)cccc1Cl. The average molecular weight is 432 g/mol. The van der Waals surface area contributed by atoms with Gasteiger partial charge in [-0.2, -0.15) is 13.2 Å². The molecule has 0 N–H and O–H groups in total. The third-order valence-corrected chi connectivity index (χ3v) is 5.38. The molecule has 9 heteroatoms. The lowest BCUT2D eigenvalue weighted by molar-refractivity contribution is -0.137. The number of imide groups is 1. The standard InChI is InChI=1S/C18H10Cl2F3NO2S/c19-13-5-2-6-14(20)12(13)9-24-16(25)15(27-17(24)26)8-10-3-1-4-11(7-10)18(21,22)23/h1-8H,9H2/b15-8+. The smallest absolute Gasteiger partial charge is 0.268 e. The summed E-state index contributed by atoms with van der Waals surface area (Å²) in [4.78, 5) is 25.7. The molecule has 27 heavy (non-hydrogen) atoms. The molecule has 3 nitrogen and oxygen atoms in total. The fourth-order valence-electron chi connectivity index (χ4n) is 2.43. The highest BCUT2D eigenvalue weighted by molar-refractivity contribution is 8.18. The molecule has 0 spiro atoms. The Morgan fingerprint density at radius 2 is 1.67 bits per heavy atom. The number of benzene rings is 2. The summed E-state index contributed by atoms with van der Waals surface area (Å²) in [6, 6.07) is 9.31. The molecule has 0 bridgehead atoms. The lowest BCUT2D eigenvalue weighted by Crippen LogP contribution is -2.27. The zero-order chi connectivity index (χ0) is 19.8. The summed E-state index contributed by atoms with van der Waals surface area (Å²) in [5.41, 5.74) is -0.243. The number of nitrogens with zero attached hydrogens (tertiary/aromatic N) is 1. The molecule has 2 aromatic carbocycles. The van der Waals surface area contributed by atoms with Crippen LogP contribution in [0.5, 0.6) is 0 Å². The molecule has 2 aromatic rings. The molecule has 1 aliphatic heterocycles. The van der Waals surface area contributed by atoms with Crippen molar-refractivity contribution in [3.8, 4) is 0 Å². The highest BCUT2D eigenvalue weighted by Gasteiger charge is 2.36. The van der Waals surface area contributed by atoms with Gasteiger partial charge in [0.05, 0.1) is 17.0 Å². The molecular formula is C18H10Cl2F3NO2S. The number of thioether (sulfide) groups is 1. The van der Waals surface area contributed by atoms with Gasteiger partial charge in [-0.1, -0.05) is 41.4 Å². The van der Waals surface area contributed by atoms with Crippen LogP contribution >= 0.6 is 35.0 Å². The van der Waals surface area contributed by atoms with Crippen LogP contribution in [0.2, 0.25) is 10.0 Å². The number of rotatable bonds is 3. The molecule has 140 valence electrons. The van der Waals surface area contributed by atoms with E-state index in [0.29, 0.717) is 27.4 Å². The Kier molecular flexibility index (Phi) is 5.55. The zero-order valence-electron chi connectivity index (χ0n) is 13.4. The van der Waals surface area contributed by atoms with Gasteiger partial charge in [0.2, 0.25) is 0 Å². The highest BCUT2D eigenvalue weighted by Crippen LogP contribution is 2.36. The number of hydrogen-bond donors (Lipinski definition) is 0. The van der Waals surface area contributed by atoms with Gasteiger partial charge in [-0.3, -0.25) is 14.5 Å². The van der Waals surface area contributed by atoms with Crippen molar-refractivity contribution in [2.45, 2.75) is 12.7 Å². The van der Waals surface area contributed by atoms with Crippen molar-refractivity contribution in [3.05, 3.63) is 74.1 Å². The van der Waals surface area contributed by atoms with Crippen molar-refractivity contribution < 1.29 is 22.8 Å². The van der Waals surface area contributed by atoms with Gasteiger partial charge in [0.25, 0.3) is 11.1 Å². The molecular weight excluding hydrogens is 422 g/mol. The van der Waals surface area contributed by atoms with Gasteiger partial charge in [-0.15, -0.1) is 0 Å². The van der Waals surface area contributed by atoms with E-state index in [1.807, 2.05) is 0 Å². The van der Waals surface area contributed by atoms with E-state index in [-0.39, 0.29) is 17.0 Å². The van der Waals surface area contributed by atoms with Gasteiger partial charge in [0.15, 0.2) is 0 Å². The summed E-state index contributed by atoms with van der Waals surface area (Å²) >= 11 is 12.8. The van der Waals surface area contributed by atoms with Crippen LogP contribution in [-0.4, -0.2) is 16.0 Å². The van der Waals surface area contributed by atoms with Crippen LogP contribution in [-0.2, 0) is 17.5 Å². The second-order valence-electron chi connectivity index (χ2n) is 5.59. The number of halogens is 5. The Hall–Kier alpha value is -1.96. The van der Waals surface area contributed by atoms with E-state index in [1.54, 1.807) is 18.2 Å². The van der Waals surface area contributed by atoms with Gasteiger partial charge < -0.3 is 0 Å². The summed E-state index contributed by atoms with van der Waals surface area (Å²) in [5, 5.41) is 0.0704. The Bertz CT molecular complexity index is 940. The van der Waals surface area contributed by atoms with E-state index in [4.69, 9.17) is 23.2 Å².